The van der Waals surface area contributed by atoms with Gasteiger partial charge in [0.05, 0.1) is 5.69 Å². The SMILES string of the molecule is O=C(O)c1c(O)nnc2c1CCCC2. The summed E-state index contributed by atoms with van der Waals surface area (Å²) in [4.78, 5) is 10.9. The molecule has 74 valence electrons. The first-order valence-electron chi connectivity index (χ1n) is 4.51. The van der Waals surface area contributed by atoms with Gasteiger partial charge in [0.1, 0.15) is 5.56 Å². The fourth-order valence-corrected chi connectivity index (χ4v) is 1.79. The molecule has 2 N–H and O–H groups in total. The fraction of sp³-hybridized carbons (Fsp3) is 0.444. The van der Waals surface area contributed by atoms with Crippen LogP contribution in [0.5, 0.6) is 5.88 Å². The summed E-state index contributed by atoms with van der Waals surface area (Å²) < 4.78 is 0. The lowest BCUT2D eigenvalue weighted by atomic mass is 9.93. The molecule has 0 radical (unpaired) electrons. The number of nitrogens with zero attached hydrogens (tertiary/aromatic N) is 2. The molecule has 1 aliphatic rings. The normalized spacial score (nSPS) is 14.9. The van der Waals surface area contributed by atoms with E-state index < -0.39 is 11.8 Å². The number of carbonyl (C=O) groups is 1. The van der Waals surface area contributed by atoms with Crippen LogP contribution in [0.25, 0.3) is 0 Å². The Hall–Kier alpha value is -1.65. The van der Waals surface area contributed by atoms with E-state index in [4.69, 9.17) is 5.11 Å². The maximum atomic E-state index is 10.9. The smallest absolute Gasteiger partial charge is 0.341 e. The number of hydrogen-bond donors (Lipinski definition) is 2. The van der Waals surface area contributed by atoms with Crippen molar-refractivity contribution in [1.82, 2.24) is 10.2 Å². The van der Waals surface area contributed by atoms with Gasteiger partial charge in [-0.15, -0.1) is 5.10 Å². The lowest BCUT2D eigenvalue weighted by Gasteiger charge is -2.15. The quantitative estimate of drug-likeness (QED) is 0.689. The van der Waals surface area contributed by atoms with Crippen molar-refractivity contribution >= 4 is 5.97 Å². The summed E-state index contributed by atoms with van der Waals surface area (Å²) in [6.07, 6.45) is 3.37. The maximum absolute atomic E-state index is 10.9. The molecule has 1 aromatic rings. The molecular weight excluding hydrogens is 184 g/mol. The molecule has 0 spiro atoms. The molecule has 0 fully saturated rings. The van der Waals surface area contributed by atoms with E-state index in [-0.39, 0.29) is 5.56 Å². The first-order chi connectivity index (χ1) is 6.70. The highest BCUT2D eigenvalue weighted by Crippen LogP contribution is 2.26. The Kier molecular flexibility index (Phi) is 2.07. The van der Waals surface area contributed by atoms with Gasteiger partial charge in [-0.25, -0.2) is 4.79 Å². The van der Waals surface area contributed by atoms with Crippen molar-refractivity contribution < 1.29 is 15.0 Å². The van der Waals surface area contributed by atoms with Crippen LogP contribution in [0.2, 0.25) is 0 Å². The summed E-state index contributed by atoms with van der Waals surface area (Å²) >= 11 is 0. The Labute approximate surface area is 80.4 Å². The third-order valence-electron chi connectivity index (χ3n) is 2.44. The standard InChI is InChI=1S/C9H10N2O3/c12-8-7(9(13)14)5-3-1-2-4-6(5)10-11-8/h1-4H2,(H,11,12)(H,13,14). The number of aromatic carboxylic acids is 1. The zero-order valence-electron chi connectivity index (χ0n) is 7.53. The van der Waals surface area contributed by atoms with Crippen molar-refractivity contribution in [3.05, 3.63) is 16.8 Å². The van der Waals surface area contributed by atoms with Crippen LogP contribution in [-0.2, 0) is 12.8 Å². The Balaban J connectivity index is 2.60. The van der Waals surface area contributed by atoms with Crippen LogP contribution in [0.1, 0.15) is 34.5 Å². The van der Waals surface area contributed by atoms with E-state index in [1.54, 1.807) is 0 Å². The summed E-state index contributed by atoms with van der Waals surface area (Å²) in [5, 5.41) is 25.4. The van der Waals surface area contributed by atoms with Crippen molar-refractivity contribution in [3.63, 3.8) is 0 Å². The molecule has 0 atom stereocenters. The van der Waals surface area contributed by atoms with E-state index in [2.05, 4.69) is 10.2 Å². The van der Waals surface area contributed by atoms with Gasteiger partial charge in [0.25, 0.3) is 0 Å². The first-order valence-corrected chi connectivity index (χ1v) is 4.51. The first kappa shape index (κ1) is 8.93. The summed E-state index contributed by atoms with van der Waals surface area (Å²) in [7, 11) is 0. The van der Waals surface area contributed by atoms with Crippen LogP contribution in [0, 0.1) is 0 Å². The predicted molar refractivity (Wildman–Crippen MR) is 47.3 cm³/mol. The van der Waals surface area contributed by atoms with Crippen molar-refractivity contribution in [2.24, 2.45) is 0 Å². The number of aromatic hydroxyl groups is 1. The van der Waals surface area contributed by atoms with Gasteiger partial charge in [-0.1, -0.05) is 0 Å². The molecule has 14 heavy (non-hydrogen) atoms. The van der Waals surface area contributed by atoms with Gasteiger partial charge in [-0.05, 0) is 31.2 Å². The van der Waals surface area contributed by atoms with Crippen molar-refractivity contribution in [3.8, 4) is 5.88 Å². The van der Waals surface area contributed by atoms with Crippen LogP contribution >= 0.6 is 0 Å². The highest BCUT2D eigenvalue weighted by molar-refractivity contribution is 5.92. The molecule has 5 heteroatoms. The molecular formula is C9H10N2O3. The number of aryl methyl sites for hydroxylation is 1. The highest BCUT2D eigenvalue weighted by atomic mass is 16.4. The molecule has 0 saturated heterocycles. The van der Waals surface area contributed by atoms with Gasteiger partial charge in [0.15, 0.2) is 0 Å². The predicted octanol–water partition coefficient (Wildman–Crippen LogP) is 0.759. The lowest BCUT2D eigenvalue weighted by Crippen LogP contribution is -2.13. The van der Waals surface area contributed by atoms with Gasteiger partial charge < -0.3 is 10.2 Å². The molecule has 0 unspecified atom stereocenters. The summed E-state index contributed by atoms with van der Waals surface area (Å²) in [6, 6.07) is 0. The third kappa shape index (κ3) is 1.30. The van der Waals surface area contributed by atoms with Gasteiger partial charge in [0, 0.05) is 0 Å². The number of aromatic nitrogens is 2. The highest BCUT2D eigenvalue weighted by Gasteiger charge is 2.23. The van der Waals surface area contributed by atoms with Crippen molar-refractivity contribution in [1.29, 1.82) is 0 Å². The zero-order chi connectivity index (χ0) is 10.1. The zero-order valence-corrected chi connectivity index (χ0v) is 7.53. The number of rotatable bonds is 1. The topological polar surface area (TPSA) is 83.3 Å². The minimum atomic E-state index is -1.13. The van der Waals surface area contributed by atoms with Gasteiger partial charge in [0.2, 0.25) is 5.88 Å². The molecule has 0 amide bonds. The second-order valence-corrected chi connectivity index (χ2v) is 3.34. The molecule has 0 bridgehead atoms. The Morgan fingerprint density at radius 2 is 1.93 bits per heavy atom. The van der Waals surface area contributed by atoms with E-state index >= 15 is 0 Å². The molecule has 0 saturated carbocycles. The molecule has 5 nitrogen and oxygen atoms in total. The third-order valence-corrected chi connectivity index (χ3v) is 2.44. The van der Waals surface area contributed by atoms with Crippen molar-refractivity contribution in [2.75, 3.05) is 0 Å². The summed E-state index contributed by atoms with van der Waals surface area (Å²) in [5.41, 5.74) is 1.29. The Bertz CT molecular complexity index is 390. The number of fused-ring (bicyclic) bond motifs is 1. The van der Waals surface area contributed by atoms with Crippen LogP contribution in [0.4, 0.5) is 0 Å². The molecule has 0 aromatic carbocycles. The van der Waals surface area contributed by atoms with E-state index in [1.807, 2.05) is 0 Å². The summed E-state index contributed by atoms with van der Waals surface area (Å²) in [5.74, 6) is -1.60. The van der Waals surface area contributed by atoms with E-state index in [1.165, 1.54) is 0 Å². The van der Waals surface area contributed by atoms with E-state index in [9.17, 15) is 9.90 Å². The maximum Gasteiger partial charge on any atom is 0.341 e. The Morgan fingerprint density at radius 3 is 2.64 bits per heavy atom. The number of carboxylic acids is 1. The number of carboxylic acid groups (broad SMARTS) is 1. The Morgan fingerprint density at radius 1 is 1.21 bits per heavy atom. The van der Waals surface area contributed by atoms with Crippen LogP contribution in [0.3, 0.4) is 0 Å². The molecule has 0 aliphatic heterocycles. The fourth-order valence-electron chi connectivity index (χ4n) is 1.79. The van der Waals surface area contributed by atoms with Crippen LogP contribution in [0.15, 0.2) is 0 Å². The average molecular weight is 194 g/mol. The second kappa shape index (κ2) is 3.25. The molecule has 1 aromatic heterocycles. The average Bonchev–Trinajstić information content (AvgIpc) is 2.17. The molecule has 1 heterocycles. The van der Waals surface area contributed by atoms with Gasteiger partial charge in [-0.3, -0.25) is 0 Å². The van der Waals surface area contributed by atoms with Crippen LogP contribution in [-0.4, -0.2) is 26.4 Å². The largest absolute Gasteiger partial charge is 0.492 e. The minimum absolute atomic E-state index is 0.0744. The van der Waals surface area contributed by atoms with Gasteiger partial charge in [-0.2, -0.15) is 5.10 Å². The van der Waals surface area contributed by atoms with Gasteiger partial charge >= 0.3 is 5.97 Å². The monoisotopic (exact) mass is 194 g/mol. The minimum Gasteiger partial charge on any atom is -0.492 e. The second-order valence-electron chi connectivity index (χ2n) is 3.34. The lowest BCUT2D eigenvalue weighted by molar-refractivity contribution is 0.0690. The molecule has 2 rings (SSSR count). The number of hydrogen-bond acceptors (Lipinski definition) is 4. The van der Waals surface area contributed by atoms with E-state index in [0.29, 0.717) is 17.7 Å². The van der Waals surface area contributed by atoms with Crippen molar-refractivity contribution in [2.45, 2.75) is 25.7 Å². The van der Waals surface area contributed by atoms with E-state index in [0.717, 1.165) is 19.3 Å². The summed E-state index contributed by atoms with van der Waals surface area (Å²) in [6.45, 7) is 0. The van der Waals surface area contributed by atoms with Crippen LogP contribution < -0.4 is 0 Å². The molecule has 1 aliphatic carbocycles.